The third-order valence-corrected chi connectivity index (χ3v) is 3.43. The van der Waals surface area contributed by atoms with Crippen LogP contribution in [0, 0.1) is 0 Å². The van der Waals surface area contributed by atoms with Gasteiger partial charge in [0.15, 0.2) is 5.69 Å². The average molecular weight is 309 g/mol. The molecule has 1 heterocycles. The van der Waals surface area contributed by atoms with Crippen LogP contribution in [-0.4, -0.2) is 34.8 Å². The zero-order valence-corrected chi connectivity index (χ0v) is 13.9. The number of hydrogen-bond donors (Lipinski definition) is 1. The van der Waals surface area contributed by atoms with E-state index in [1.165, 1.54) is 6.26 Å². The Kier molecular flexibility index (Phi) is 8.25. The molecule has 0 saturated carbocycles. The van der Waals surface area contributed by atoms with Gasteiger partial charge in [-0.3, -0.25) is 9.59 Å². The SMILES string of the molecule is CCCCCCC(=O)N(CC)Cc1nc(C(=O)NCC)co1. The van der Waals surface area contributed by atoms with Crippen molar-refractivity contribution in [3.05, 3.63) is 17.8 Å². The second-order valence-electron chi connectivity index (χ2n) is 5.20. The van der Waals surface area contributed by atoms with Crippen molar-refractivity contribution in [2.45, 2.75) is 59.4 Å². The molecular weight excluding hydrogens is 282 g/mol. The van der Waals surface area contributed by atoms with Crippen molar-refractivity contribution < 1.29 is 14.0 Å². The highest BCUT2D eigenvalue weighted by molar-refractivity contribution is 5.91. The van der Waals surface area contributed by atoms with E-state index in [9.17, 15) is 9.59 Å². The number of unbranched alkanes of at least 4 members (excludes halogenated alkanes) is 3. The standard InChI is InChI=1S/C16H27N3O3/c1-4-7-8-9-10-15(20)19(6-3)11-14-18-13(12-22-14)16(21)17-5-2/h12H,4-11H2,1-3H3,(H,17,21). The second kappa shape index (κ2) is 9.97. The molecule has 6 nitrogen and oxygen atoms in total. The number of carbonyl (C=O) groups excluding carboxylic acids is 2. The Hall–Kier alpha value is -1.85. The fraction of sp³-hybridized carbons (Fsp3) is 0.688. The monoisotopic (exact) mass is 309 g/mol. The van der Waals surface area contributed by atoms with Crippen LogP contribution >= 0.6 is 0 Å². The fourth-order valence-corrected chi connectivity index (χ4v) is 2.14. The summed E-state index contributed by atoms with van der Waals surface area (Å²) in [7, 11) is 0. The first-order chi connectivity index (χ1) is 10.6. The highest BCUT2D eigenvalue weighted by Crippen LogP contribution is 2.10. The number of hydrogen-bond acceptors (Lipinski definition) is 4. The summed E-state index contributed by atoms with van der Waals surface area (Å²) in [5, 5.41) is 2.66. The van der Waals surface area contributed by atoms with E-state index in [4.69, 9.17) is 4.42 Å². The van der Waals surface area contributed by atoms with E-state index in [0.29, 0.717) is 31.9 Å². The lowest BCUT2D eigenvalue weighted by molar-refractivity contribution is -0.132. The molecule has 1 aromatic rings. The molecule has 0 unspecified atom stereocenters. The van der Waals surface area contributed by atoms with Gasteiger partial charge in [0.1, 0.15) is 6.26 Å². The molecule has 1 aromatic heterocycles. The number of aromatic nitrogens is 1. The lowest BCUT2D eigenvalue weighted by atomic mass is 10.1. The lowest BCUT2D eigenvalue weighted by Crippen LogP contribution is -2.30. The van der Waals surface area contributed by atoms with Crippen LogP contribution in [0.4, 0.5) is 0 Å². The number of carbonyl (C=O) groups is 2. The molecule has 0 bridgehead atoms. The third-order valence-electron chi connectivity index (χ3n) is 3.43. The molecule has 22 heavy (non-hydrogen) atoms. The van der Waals surface area contributed by atoms with Gasteiger partial charge in [-0.1, -0.05) is 26.2 Å². The van der Waals surface area contributed by atoms with Gasteiger partial charge >= 0.3 is 0 Å². The van der Waals surface area contributed by atoms with Crippen LogP contribution in [0.3, 0.4) is 0 Å². The Labute approximate surface area is 132 Å². The molecule has 2 amide bonds. The van der Waals surface area contributed by atoms with Gasteiger partial charge in [0.05, 0.1) is 6.54 Å². The summed E-state index contributed by atoms with van der Waals surface area (Å²) < 4.78 is 5.29. The molecule has 0 radical (unpaired) electrons. The van der Waals surface area contributed by atoms with E-state index in [-0.39, 0.29) is 17.5 Å². The van der Waals surface area contributed by atoms with E-state index < -0.39 is 0 Å². The van der Waals surface area contributed by atoms with E-state index in [0.717, 1.165) is 25.7 Å². The molecule has 6 heteroatoms. The number of nitrogens with one attached hydrogen (secondary N) is 1. The predicted molar refractivity (Wildman–Crippen MR) is 84.4 cm³/mol. The molecular formula is C16H27N3O3. The Balaban J connectivity index is 2.51. The number of oxazole rings is 1. The Morgan fingerprint density at radius 1 is 1.23 bits per heavy atom. The zero-order chi connectivity index (χ0) is 16.4. The molecule has 1 N–H and O–H groups in total. The van der Waals surface area contributed by atoms with E-state index in [1.54, 1.807) is 4.90 Å². The summed E-state index contributed by atoms with van der Waals surface area (Å²) in [6.45, 7) is 7.37. The minimum absolute atomic E-state index is 0.108. The minimum Gasteiger partial charge on any atom is -0.446 e. The summed E-state index contributed by atoms with van der Waals surface area (Å²) in [4.78, 5) is 29.6. The van der Waals surface area contributed by atoms with Gasteiger partial charge in [-0.25, -0.2) is 4.98 Å². The van der Waals surface area contributed by atoms with Crippen LogP contribution in [0.15, 0.2) is 10.7 Å². The molecule has 0 spiro atoms. The highest BCUT2D eigenvalue weighted by atomic mass is 16.3. The van der Waals surface area contributed by atoms with Crippen molar-refractivity contribution in [3.63, 3.8) is 0 Å². The van der Waals surface area contributed by atoms with Gasteiger partial charge in [-0.2, -0.15) is 0 Å². The molecule has 0 aromatic carbocycles. The normalized spacial score (nSPS) is 10.5. The van der Waals surface area contributed by atoms with Crippen molar-refractivity contribution >= 4 is 11.8 Å². The molecule has 0 aliphatic heterocycles. The predicted octanol–water partition coefficient (Wildman–Crippen LogP) is 2.74. The van der Waals surface area contributed by atoms with Crippen molar-refractivity contribution in [3.8, 4) is 0 Å². The summed E-state index contributed by atoms with van der Waals surface area (Å²) >= 11 is 0. The maximum Gasteiger partial charge on any atom is 0.273 e. The quantitative estimate of drug-likeness (QED) is 0.674. The Morgan fingerprint density at radius 2 is 2.00 bits per heavy atom. The maximum absolute atomic E-state index is 12.2. The van der Waals surface area contributed by atoms with Crippen LogP contribution in [0.1, 0.15) is 69.3 Å². The van der Waals surface area contributed by atoms with Gasteiger partial charge in [0.2, 0.25) is 11.8 Å². The Bertz CT molecular complexity index is 471. The van der Waals surface area contributed by atoms with Gasteiger partial charge < -0.3 is 14.6 Å². The van der Waals surface area contributed by atoms with Crippen LogP contribution in [0.25, 0.3) is 0 Å². The second-order valence-corrected chi connectivity index (χ2v) is 5.20. The van der Waals surface area contributed by atoms with Crippen LogP contribution in [-0.2, 0) is 11.3 Å². The summed E-state index contributed by atoms with van der Waals surface area (Å²) in [5.41, 5.74) is 0.253. The highest BCUT2D eigenvalue weighted by Gasteiger charge is 2.16. The van der Waals surface area contributed by atoms with Crippen molar-refractivity contribution in [1.82, 2.24) is 15.2 Å². The summed E-state index contributed by atoms with van der Waals surface area (Å²) in [6, 6.07) is 0. The average Bonchev–Trinajstić information content (AvgIpc) is 2.98. The fourth-order valence-electron chi connectivity index (χ4n) is 2.14. The van der Waals surface area contributed by atoms with Crippen LogP contribution < -0.4 is 5.32 Å². The number of nitrogens with zero attached hydrogens (tertiary/aromatic N) is 2. The van der Waals surface area contributed by atoms with Crippen molar-refractivity contribution in [1.29, 1.82) is 0 Å². The van der Waals surface area contributed by atoms with Crippen LogP contribution in [0.2, 0.25) is 0 Å². The topological polar surface area (TPSA) is 75.4 Å². The van der Waals surface area contributed by atoms with Gasteiger partial charge in [0, 0.05) is 19.5 Å². The van der Waals surface area contributed by atoms with Crippen molar-refractivity contribution in [2.24, 2.45) is 0 Å². The molecule has 0 aliphatic carbocycles. The molecule has 124 valence electrons. The largest absolute Gasteiger partial charge is 0.446 e. The third kappa shape index (κ3) is 5.87. The number of rotatable bonds is 10. The lowest BCUT2D eigenvalue weighted by Gasteiger charge is -2.18. The Morgan fingerprint density at radius 3 is 2.64 bits per heavy atom. The van der Waals surface area contributed by atoms with Gasteiger partial charge in [-0.05, 0) is 20.3 Å². The molecule has 0 aliphatic rings. The minimum atomic E-state index is -0.258. The zero-order valence-electron chi connectivity index (χ0n) is 13.9. The van der Waals surface area contributed by atoms with E-state index >= 15 is 0 Å². The van der Waals surface area contributed by atoms with Crippen LogP contribution in [0.5, 0.6) is 0 Å². The summed E-state index contributed by atoms with van der Waals surface area (Å²) in [6.07, 6.45) is 6.20. The first-order valence-electron chi connectivity index (χ1n) is 8.12. The van der Waals surface area contributed by atoms with E-state index in [1.807, 2.05) is 13.8 Å². The first-order valence-corrected chi connectivity index (χ1v) is 8.12. The van der Waals surface area contributed by atoms with Gasteiger partial charge in [-0.15, -0.1) is 0 Å². The first kappa shape index (κ1) is 18.2. The molecule has 0 saturated heterocycles. The molecule has 1 rings (SSSR count). The molecule has 0 fully saturated rings. The molecule has 0 atom stereocenters. The number of amides is 2. The smallest absolute Gasteiger partial charge is 0.273 e. The summed E-state index contributed by atoms with van der Waals surface area (Å²) in [5.74, 6) is 0.243. The van der Waals surface area contributed by atoms with Gasteiger partial charge in [0.25, 0.3) is 5.91 Å². The van der Waals surface area contributed by atoms with Crippen molar-refractivity contribution in [2.75, 3.05) is 13.1 Å². The maximum atomic E-state index is 12.2. The van der Waals surface area contributed by atoms with E-state index in [2.05, 4.69) is 17.2 Å².